The van der Waals surface area contributed by atoms with Gasteiger partial charge in [0.25, 0.3) is 0 Å². The van der Waals surface area contributed by atoms with Crippen molar-refractivity contribution in [3.63, 3.8) is 0 Å². The van der Waals surface area contributed by atoms with Crippen LogP contribution in [-0.4, -0.2) is 36.2 Å². The summed E-state index contributed by atoms with van der Waals surface area (Å²) in [4.78, 5) is 2.24. The highest BCUT2D eigenvalue weighted by Gasteiger charge is 2.09. The third-order valence-electron chi connectivity index (χ3n) is 2.99. The maximum absolute atomic E-state index is 8.99. The minimum atomic E-state index is 0.00162. The Bertz CT molecular complexity index is 340. The van der Waals surface area contributed by atoms with Crippen LogP contribution in [0.25, 0.3) is 0 Å². The van der Waals surface area contributed by atoms with Crippen LogP contribution in [0, 0.1) is 0 Å². The molecule has 3 N–H and O–H groups in total. The standard InChI is InChI=1S/C14H23ClN2O/c1-2-7-17(9-10-18)8-6-14(16)12-4-3-5-13(15)11-12/h3-5,11,14,18H,2,6-10,16H2,1H3. The van der Waals surface area contributed by atoms with Crippen molar-refractivity contribution in [2.75, 3.05) is 26.2 Å². The molecule has 1 rings (SSSR count). The predicted molar refractivity (Wildman–Crippen MR) is 76.8 cm³/mol. The van der Waals surface area contributed by atoms with Gasteiger partial charge < -0.3 is 15.7 Å². The third kappa shape index (κ3) is 5.36. The lowest BCUT2D eigenvalue weighted by Crippen LogP contribution is -2.30. The zero-order valence-electron chi connectivity index (χ0n) is 11.0. The van der Waals surface area contributed by atoms with Crippen molar-refractivity contribution in [2.45, 2.75) is 25.8 Å². The monoisotopic (exact) mass is 270 g/mol. The molecule has 3 nitrogen and oxygen atoms in total. The Balaban J connectivity index is 2.46. The molecule has 4 heteroatoms. The Labute approximate surface area is 115 Å². The number of benzene rings is 1. The van der Waals surface area contributed by atoms with Crippen LogP contribution in [0.4, 0.5) is 0 Å². The summed E-state index contributed by atoms with van der Waals surface area (Å²) in [6, 6.07) is 7.71. The molecule has 0 bridgehead atoms. The highest BCUT2D eigenvalue weighted by Crippen LogP contribution is 2.18. The highest BCUT2D eigenvalue weighted by molar-refractivity contribution is 6.30. The molecule has 0 aliphatic rings. The Kier molecular flexibility index (Phi) is 7.28. The van der Waals surface area contributed by atoms with Crippen LogP contribution in [0.15, 0.2) is 24.3 Å². The molecule has 1 aromatic rings. The lowest BCUT2D eigenvalue weighted by molar-refractivity contribution is 0.191. The van der Waals surface area contributed by atoms with E-state index in [1.807, 2.05) is 24.3 Å². The first-order valence-corrected chi connectivity index (χ1v) is 6.89. The van der Waals surface area contributed by atoms with E-state index in [2.05, 4.69) is 11.8 Å². The third-order valence-corrected chi connectivity index (χ3v) is 3.22. The van der Waals surface area contributed by atoms with Crippen molar-refractivity contribution in [1.82, 2.24) is 4.90 Å². The molecule has 0 aromatic heterocycles. The molecule has 0 radical (unpaired) electrons. The Morgan fingerprint density at radius 1 is 1.33 bits per heavy atom. The van der Waals surface area contributed by atoms with Crippen LogP contribution >= 0.6 is 11.6 Å². The minimum absolute atomic E-state index is 0.00162. The molecule has 0 saturated carbocycles. The van der Waals surface area contributed by atoms with Crippen molar-refractivity contribution in [3.05, 3.63) is 34.9 Å². The fourth-order valence-corrected chi connectivity index (χ4v) is 2.22. The molecule has 102 valence electrons. The SMILES string of the molecule is CCCN(CCO)CCC(N)c1cccc(Cl)c1. The second kappa shape index (κ2) is 8.48. The van der Waals surface area contributed by atoms with Crippen LogP contribution in [0.5, 0.6) is 0 Å². The number of hydrogen-bond acceptors (Lipinski definition) is 3. The van der Waals surface area contributed by atoms with Crippen molar-refractivity contribution in [2.24, 2.45) is 5.73 Å². The molecule has 0 fully saturated rings. The number of nitrogens with two attached hydrogens (primary N) is 1. The van der Waals surface area contributed by atoms with E-state index in [-0.39, 0.29) is 12.6 Å². The van der Waals surface area contributed by atoms with Crippen molar-refractivity contribution in [3.8, 4) is 0 Å². The van der Waals surface area contributed by atoms with Crippen molar-refractivity contribution >= 4 is 11.6 Å². The number of nitrogens with zero attached hydrogens (tertiary/aromatic N) is 1. The van der Waals surface area contributed by atoms with Crippen molar-refractivity contribution in [1.29, 1.82) is 0 Å². The molecule has 0 amide bonds. The zero-order valence-corrected chi connectivity index (χ0v) is 11.7. The largest absolute Gasteiger partial charge is 0.395 e. The van der Waals surface area contributed by atoms with E-state index < -0.39 is 0 Å². The predicted octanol–water partition coefficient (Wildman–Crippen LogP) is 2.43. The molecule has 1 atom stereocenters. The maximum Gasteiger partial charge on any atom is 0.0558 e. The molecule has 0 aliphatic carbocycles. The van der Waals surface area contributed by atoms with E-state index in [4.69, 9.17) is 22.4 Å². The molecular weight excluding hydrogens is 248 g/mol. The summed E-state index contributed by atoms with van der Waals surface area (Å²) >= 11 is 5.95. The van der Waals surface area contributed by atoms with Gasteiger partial charge in [0.15, 0.2) is 0 Å². The molecule has 1 unspecified atom stereocenters. The van der Waals surface area contributed by atoms with Crippen LogP contribution in [-0.2, 0) is 0 Å². The van der Waals surface area contributed by atoms with Gasteiger partial charge in [-0.2, -0.15) is 0 Å². The lowest BCUT2D eigenvalue weighted by atomic mass is 10.0. The average Bonchev–Trinajstić information content (AvgIpc) is 2.36. The number of halogens is 1. The maximum atomic E-state index is 8.99. The van der Waals surface area contributed by atoms with E-state index in [0.717, 1.165) is 43.1 Å². The molecular formula is C14H23ClN2O. The summed E-state index contributed by atoms with van der Waals surface area (Å²) in [7, 11) is 0. The lowest BCUT2D eigenvalue weighted by Gasteiger charge is -2.22. The van der Waals surface area contributed by atoms with Gasteiger partial charge in [0.05, 0.1) is 6.61 Å². The number of rotatable bonds is 8. The van der Waals surface area contributed by atoms with Gasteiger partial charge in [0, 0.05) is 24.2 Å². The summed E-state index contributed by atoms with van der Waals surface area (Å²) in [6.45, 7) is 4.97. The quantitative estimate of drug-likeness (QED) is 0.763. The first-order chi connectivity index (χ1) is 8.67. The van der Waals surface area contributed by atoms with Gasteiger partial charge in [0.2, 0.25) is 0 Å². The number of hydrogen-bond donors (Lipinski definition) is 2. The van der Waals surface area contributed by atoms with Gasteiger partial charge in [0.1, 0.15) is 0 Å². The van der Waals surface area contributed by atoms with E-state index in [1.54, 1.807) is 0 Å². The minimum Gasteiger partial charge on any atom is -0.395 e. The smallest absolute Gasteiger partial charge is 0.0558 e. The summed E-state index contributed by atoms with van der Waals surface area (Å²) in [6.07, 6.45) is 1.97. The van der Waals surface area contributed by atoms with Gasteiger partial charge in [-0.15, -0.1) is 0 Å². The van der Waals surface area contributed by atoms with Gasteiger partial charge in [-0.3, -0.25) is 0 Å². The van der Waals surface area contributed by atoms with Crippen molar-refractivity contribution < 1.29 is 5.11 Å². The second-order valence-corrected chi connectivity index (χ2v) is 4.95. The first-order valence-electron chi connectivity index (χ1n) is 6.51. The summed E-state index contributed by atoms with van der Waals surface area (Å²) in [5.41, 5.74) is 7.23. The highest BCUT2D eigenvalue weighted by atomic mass is 35.5. The fraction of sp³-hybridized carbons (Fsp3) is 0.571. The Morgan fingerprint density at radius 3 is 2.72 bits per heavy atom. The molecule has 0 heterocycles. The average molecular weight is 271 g/mol. The molecule has 0 saturated heterocycles. The van der Waals surface area contributed by atoms with Gasteiger partial charge in [-0.25, -0.2) is 0 Å². The van der Waals surface area contributed by atoms with Gasteiger partial charge >= 0.3 is 0 Å². The summed E-state index contributed by atoms with van der Waals surface area (Å²) in [5, 5.41) is 9.72. The Morgan fingerprint density at radius 2 is 2.11 bits per heavy atom. The van der Waals surface area contributed by atoms with Crippen LogP contribution < -0.4 is 5.73 Å². The van der Waals surface area contributed by atoms with Crippen LogP contribution in [0.3, 0.4) is 0 Å². The van der Waals surface area contributed by atoms with Gasteiger partial charge in [-0.05, 0) is 37.1 Å². The second-order valence-electron chi connectivity index (χ2n) is 4.52. The fourth-order valence-electron chi connectivity index (χ4n) is 2.02. The number of aliphatic hydroxyl groups excluding tert-OH is 1. The normalized spacial score (nSPS) is 12.9. The Hall–Kier alpha value is -0.610. The van der Waals surface area contributed by atoms with E-state index in [1.165, 1.54) is 0 Å². The van der Waals surface area contributed by atoms with Crippen LogP contribution in [0.2, 0.25) is 5.02 Å². The van der Waals surface area contributed by atoms with E-state index in [9.17, 15) is 0 Å². The zero-order chi connectivity index (χ0) is 13.4. The number of aliphatic hydroxyl groups is 1. The van der Waals surface area contributed by atoms with Gasteiger partial charge in [-0.1, -0.05) is 30.7 Å². The molecule has 0 spiro atoms. The van der Waals surface area contributed by atoms with Crippen LogP contribution in [0.1, 0.15) is 31.4 Å². The molecule has 1 aromatic carbocycles. The van der Waals surface area contributed by atoms with E-state index in [0.29, 0.717) is 0 Å². The summed E-state index contributed by atoms with van der Waals surface area (Å²) in [5.74, 6) is 0. The first kappa shape index (κ1) is 15.4. The summed E-state index contributed by atoms with van der Waals surface area (Å²) < 4.78 is 0. The molecule has 0 aliphatic heterocycles. The van der Waals surface area contributed by atoms with E-state index >= 15 is 0 Å². The molecule has 18 heavy (non-hydrogen) atoms. The topological polar surface area (TPSA) is 49.5 Å².